The van der Waals surface area contributed by atoms with E-state index in [0.29, 0.717) is 29.1 Å². The van der Waals surface area contributed by atoms with Crippen LogP contribution < -0.4 is 10.1 Å². The number of nitrogens with zero attached hydrogens (tertiary/aromatic N) is 4. The largest absolute Gasteiger partial charge is 0.455 e. The minimum absolute atomic E-state index is 0.126. The fourth-order valence-corrected chi connectivity index (χ4v) is 4.47. The Hall–Kier alpha value is -3.69. The number of nitrogens with one attached hydrogen (secondary N) is 1. The Labute approximate surface area is 210 Å². The first-order chi connectivity index (χ1) is 17.3. The van der Waals surface area contributed by atoms with Gasteiger partial charge in [-0.3, -0.25) is 14.2 Å². The maximum atomic E-state index is 13.0. The Bertz CT molecular complexity index is 1400. The van der Waals surface area contributed by atoms with Gasteiger partial charge in [-0.15, -0.1) is 0 Å². The van der Waals surface area contributed by atoms with Crippen LogP contribution in [0.3, 0.4) is 0 Å². The zero-order chi connectivity index (χ0) is 26.0. The van der Waals surface area contributed by atoms with Crippen molar-refractivity contribution in [2.24, 2.45) is 0 Å². The highest BCUT2D eigenvalue weighted by molar-refractivity contribution is 5.99. The normalized spacial score (nSPS) is 17.0. The van der Waals surface area contributed by atoms with Gasteiger partial charge in [0.1, 0.15) is 11.3 Å². The molecule has 0 spiro atoms. The number of fused-ring (bicyclic) bond motifs is 2. The first-order valence-corrected chi connectivity index (χ1v) is 12.2. The number of rotatable bonds is 6. The molecule has 2 unspecified atom stereocenters. The molecule has 1 fully saturated rings. The molecule has 4 aromatic rings. The van der Waals surface area contributed by atoms with Gasteiger partial charge >= 0.3 is 0 Å². The van der Waals surface area contributed by atoms with Gasteiger partial charge in [-0.05, 0) is 70.6 Å². The highest BCUT2D eigenvalue weighted by Gasteiger charge is 2.38. The lowest BCUT2D eigenvalue weighted by Crippen LogP contribution is -2.60. The van der Waals surface area contributed by atoms with Gasteiger partial charge in [0.25, 0.3) is 5.91 Å². The second-order valence-electron chi connectivity index (χ2n) is 9.11. The van der Waals surface area contributed by atoms with Gasteiger partial charge in [-0.1, -0.05) is 6.92 Å². The number of aliphatic hydroxyl groups excluding tert-OH is 1. The third-order valence-electron chi connectivity index (χ3n) is 6.65. The Balaban J connectivity index is 0.000000556. The summed E-state index contributed by atoms with van der Waals surface area (Å²) in [6, 6.07) is 9.03. The molecular weight excluding hydrogens is 458 g/mol. The van der Waals surface area contributed by atoms with Crippen molar-refractivity contribution in [1.82, 2.24) is 24.4 Å². The minimum atomic E-state index is -0.481. The van der Waals surface area contributed by atoms with Gasteiger partial charge in [0, 0.05) is 29.9 Å². The number of carbonyl (C=O) groups excluding carboxylic acids is 2. The molecular formula is C27H33N5O4. The van der Waals surface area contributed by atoms with E-state index >= 15 is 0 Å². The van der Waals surface area contributed by atoms with E-state index in [9.17, 15) is 14.7 Å². The van der Waals surface area contributed by atoms with Crippen molar-refractivity contribution >= 4 is 28.7 Å². The highest BCUT2D eigenvalue weighted by atomic mass is 16.5. The van der Waals surface area contributed by atoms with Crippen molar-refractivity contribution in [1.29, 1.82) is 0 Å². The summed E-state index contributed by atoms with van der Waals surface area (Å²) in [5, 5.41) is 18.0. The zero-order valence-corrected chi connectivity index (χ0v) is 21.4. The number of hydrogen-bond acceptors (Lipinski definition) is 6. The van der Waals surface area contributed by atoms with Crippen molar-refractivity contribution in [3.05, 3.63) is 59.5 Å². The average molecular weight is 492 g/mol. The average Bonchev–Trinajstić information content (AvgIpc) is 3.38. The summed E-state index contributed by atoms with van der Waals surface area (Å²) in [5.41, 5.74) is 3.69. The maximum Gasteiger partial charge on any atom is 0.256 e. The molecule has 1 aromatic carbocycles. The molecule has 1 aliphatic rings. The van der Waals surface area contributed by atoms with Crippen LogP contribution in [0.25, 0.3) is 16.4 Å². The van der Waals surface area contributed by atoms with Crippen LogP contribution in [0.4, 0.5) is 0 Å². The number of benzene rings is 1. The molecule has 9 heteroatoms. The molecule has 5 rings (SSSR count). The number of amides is 1. The predicted octanol–water partition coefficient (Wildman–Crippen LogP) is 3.56. The molecule has 36 heavy (non-hydrogen) atoms. The number of aromatic nitrogens is 3. The van der Waals surface area contributed by atoms with Gasteiger partial charge in [0.15, 0.2) is 5.75 Å². The SMILES string of the molecule is CCCNC.Cc1c(C(=O)N2CC(O)C2C)cn2nccc(Oc3ccc4c(c3)cc(C)n4C=O)c12. The molecule has 2 atom stereocenters. The summed E-state index contributed by atoms with van der Waals surface area (Å²) >= 11 is 0. The van der Waals surface area contributed by atoms with Gasteiger partial charge in [-0.25, -0.2) is 4.52 Å². The molecule has 2 N–H and O–H groups in total. The van der Waals surface area contributed by atoms with Gasteiger partial charge < -0.3 is 20.1 Å². The molecule has 190 valence electrons. The molecule has 1 aliphatic heterocycles. The van der Waals surface area contributed by atoms with E-state index in [1.165, 1.54) is 6.42 Å². The van der Waals surface area contributed by atoms with Crippen LogP contribution in [0.15, 0.2) is 42.7 Å². The van der Waals surface area contributed by atoms with E-state index in [1.54, 1.807) is 32.4 Å². The van der Waals surface area contributed by atoms with Crippen molar-refractivity contribution in [2.45, 2.75) is 46.3 Å². The summed E-state index contributed by atoms with van der Waals surface area (Å²) in [6.07, 6.45) is 4.87. The van der Waals surface area contributed by atoms with Crippen LogP contribution in [0.5, 0.6) is 11.5 Å². The molecule has 1 saturated heterocycles. The third-order valence-corrected chi connectivity index (χ3v) is 6.65. The number of ether oxygens (including phenoxy) is 1. The molecule has 4 heterocycles. The quantitative estimate of drug-likeness (QED) is 0.400. The van der Waals surface area contributed by atoms with Crippen LogP contribution in [-0.4, -0.2) is 68.8 Å². The van der Waals surface area contributed by atoms with E-state index in [0.717, 1.165) is 35.1 Å². The summed E-state index contributed by atoms with van der Waals surface area (Å²) in [4.78, 5) is 25.9. The number of β-amino-alcohol motifs (C(OH)–C–C–N with tert-alkyl or cyclic N) is 1. The van der Waals surface area contributed by atoms with Crippen molar-refractivity contribution in [3.63, 3.8) is 0 Å². The Morgan fingerprint density at radius 3 is 2.67 bits per heavy atom. The molecule has 0 bridgehead atoms. The van der Waals surface area contributed by atoms with Gasteiger partial charge in [0.2, 0.25) is 6.41 Å². The first-order valence-electron chi connectivity index (χ1n) is 12.2. The van der Waals surface area contributed by atoms with Gasteiger partial charge in [0.05, 0.1) is 29.4 Å². The zero-order valence-electron chi connectivity index (χ0n) is 21.4. The number of aryl methyl sites for hydroxylation is 2. The predicted molar refractivity (Wildman–Crippen MR) is 140 cm³/mol. The lowest BCUT2D eigenvalue weighted by molar-refractivity contribution is -0.0357. The van der Waals surface area contributed by atoms with Crippen molar-refractivity contribution < 1.29 is 19.4 Å². The molecule has 0 radical (unpaired) electrons. The molecule has 0 aliphatic carbocycles. The number of carbonyl (C=O) groups is 2. The monoisotopic (exact) mass is 491 g/mol. The Kier molecular flexibility index (Phi) is 7.42. The molecule has 1 amide bonds. The van der Waals surface area contributed by atoms with Crippen LogP contribution in [0.1, 0.15) is 41.9 Å². The van der Waals surface area contributed by atoms with Crippen LogP contribution >= 0.6 is 0 Å². The Morgan fingerprint density at radius 1 is 1.28 bits per heavy atom. The fourth-order valence-electron chi connectivity index (χ4n) is 4.47. The topological polar surface area (TPSA) is 101 Å². The van der Waals surface area contributed by atoms with Crippen LogP contribution in [0.2, 0.25) is 0 Å². The van der Waals surface area contributed by atoms with E-state index in [-0.39, 0.29) is 11.9 Å². The second kappa shape index (κ2) is 10.5. The maximum absolute atomic E-state index is 13.0. The van der Waals surface area contributed by atoms with Crippen molar-refractivity contribution in [2.75, 3.05) is 20.1 Å². The number of hydrogen-bond donors (Lipinski definition) is 2. The summed E-state index contributed by atoms with van der Waals surface area (Å²) < 4.78 is 9.41. The first kappa shape index (κ1) is 25.4. The lowest BCUT2D eigenvalue weighted by atomic mass is 9.99. The standard InChI is InChI=1S/C23H22N4O4.C4H11N/c1-13-8-16-9-17(4-5-19(16)26(13)12-28)31-21-6-7-24-27-10-18(14(2)22(21)27)23(30)25-11-20(29)15(25)3;1-3-4-5-2/h4-10,12,15,20,29H,11H2,1-3H3;5H,3-4H2,1-2H3. The summed E-state index contributed by atoms with van der Waals surface area (Å²) in [7, 11) is 1.96. The van der Waals surface area contributed by atoms with Crippen LogP contribution in [0, 0.1) is 13.8 Å². The number of likely N-dealkylation sites (tertiary alicyclic amines) is 1. The highest BCUT2D eigenvalue weighted by Crippen LogP contribution is 2.33. The minimum Gasteiger partial charge on any atom is -0.455 e. The summed E-state index contributed by atoms with van der Waals surface area (Å²) in [6.45, 7) is 9.20. The second-order valence-corrected chi connectivity index (χ2v) is 9.11. The molecule has 3 aromatic heterocycles. The Morgan fingerprint density at radius 2 is 2.06 bits per heavy atom. The van der Waals surface area contributed by atoms with E-state index < -0.39 is 6.10 Å². The van der Waals surface area contributed by atoms with Crippen LogP contribution in [-0.2, 0) is 4.79 Å². The number of aliphatic hydroxyl groups is 1. The van der Waals surface area contributed by atoms with E-state index in [1.807, 2.05) is 52.1 Å². The van der Waals surface area contributed by atoms with E-state index in [2.05, 4.69) is 17.3 Å². The smallest absolute Gasteiger partial charge is 0.256 e. The fraction of sp³-hybridized carbons (Fsp3) is 0.370. The summed E-state index contributed by atoms with van der Waals surface area (Å²) in [5.74, 6) is 1.07. The van der Waals surface area contributed by atoms with Crippen molar-refractivity contribution in [3.8, 4) is 11.5 Å². The lowest BCUT2D eigenvalue weighted by Gasteiger charge is -2.43. The third kappa shape index (κ3) is 4.59. The van der Waals surface area contributed by atoms with Gasteiger partial charge in [-0.2, -0.15) is 5.10 Å². The molecule has 0 saturated carbocycles. The van der Waals surface area contributed by atoms with E-state index in [4.69, 9.17) is 4.74 Å². The molecule has 9 nitrogen and oxygen atoms in total.